The molecular formula is C34H20S. The van der Waals surface area contributed by atoms with E-state index in [1.165, 1.54) is 74.4 Å². The molecule has 8 rings (SSSR count). The van der Waals surface area contributed by atoms with E-state index in [4.69, 9.17) is 0 Å². The highest BCUT2D eigenvalue weighted by Gasteiger charge is 2.15. The molecule has 1 heteroatoms. The van der Waals surface area contributed by atoms with Crippen molar-refractivity contribution in [1.29, 1.82) is 0 Å². The van der Waals surface area contributed by atoms with Gasteiger partial charge in [-0.25, -0.2) is 0 Å². The van der Waals surface area contributed by atoms with Crippen LogP contribution in [0.25, 0.3) is 74.4 Å². The zero-order valence-electron chi connectivity index (χ0n) is 19.0. The lowest BCUT2D eigenvalue weighted by Crippen LogP contribution is -1.86. The van der Waals surface area contributed by atoms with Crippen molar-refractivity contribution in [1.82, 2.24) is 0 Å². The minimum atomic E-state index is 1.27. The third-order valence-corrected chi connectivity index (χ3v) is 8.66. The number of hydrogen-bond acceptors (Lipinski definition) is 1. The van der Waals surface area contributed by atoms with Gasteiger partial charge in [0.25, 0.3) is 0 Å². The molecule has 1 aromatic heterocycles. The molecule has 0 aliphatic rings. The molecular weight excluding hydrogens is 440 g/mol. The minimum absolute atomic E-state index is 1.27. The molecule has 0 nitrogen and oxygen atoms in total. The first-order chi connectivity index (χ1) is 17.4. The average molecular weight is 461 g/mol. The average Bonchev–Trinajstić information content (AvgIpc) is 3.31. The van der Waals surface area contributed by atoms with E-state index in [9.17, 15) is 0 Å². The van der Waals surface area contributed by atoms with E-state index >= 15 is 0 Å². The molecule has 0 saturated carbocycles. The Morgan fingerprint density at radius 3 is 1.54 bits per heavy atom. The Balaban J connectivity index is 1.52. The Bertz CT molecular complexity index is 2070. The maximum atomic E-state index is 2.42. The van der Waals surface area contributed by atoms with Crippen LogP contribution in [0.1, 0.15) is 0 Å². The van der Waals surface area contributed by atoms with E-state index in [1.54, 1.807) is 0 Å². The highest BCUT2D eigenvalue weighted by molar-refractivity contribution is 7.26. The normalized spacial score (nSPS) is 12.0. The summed E-state index contributed by atoms with van der Waals surface area (Å²) in [5.74, 6) is 0. The van der Waals surface area contributed by atoms with Crippen LogP contribution >= 0.6 is 11.3 Å². The van der Waals surface area contributed by atoms with Gasteiger partial charge >= 0.3 is 0 Å². The summed E-state index contributed by atoms with van der Waals surface area (Å²) in [6.07, 6.45) is 0. The van der Waals surface area contributed by atoms with Gasteiger partial charge in [0, 0.05) is 25.6 Å². The van der Waals surface area contributed by atoms with Gasteiger partial charge in [0.15, 0.2) is 0 Å². The summed E-state index contributed by atoms with van der Waals surface area (Å²) >= 11 is 1.90. The second-order valence-electron chi connectivity index (χ2n) is 9.30. The van der Waals surface area contributed by atoms with Crippen LogP contribution in [0.15, 0.2) is 121 Å². The van der Waals surface area contributed by atoms with Crippen LogP contribution in [0.2, 0.25) is 0 Å². The fraction of sp³-hybridized carbons (Fsp3) is 0. The first kappa shape index (κ1) is 19.1. The molecule has 0 fully saturated rings. The van der Waals surface area contributed by atoms with Crippen molar-refractivity contribution in [2.75, 3.05) is 0 Å². The third-order valence-electron chi connectivity index (χ3n) is 7.44. The molecule has 0 radical (unpaired) electrons. The van der Waals surface area contributed by atoms with Crippen LogP contribution in [-0.2, 0) is 0 Å². The monoisotopic (exact) mass is 460 g/mol. The largest absolute Gasteiger partial charge is 0.135 e. The van der Waals surface area contributed by atoms with E-state index in [0.717, 1.165) is 0 Å². The number of thiophene rings is 1. The summed E-state index contributed by atoms with van der Waals surface area (Å²) in [4.78, 5) is 0. The van der Waals surface area contributed by atoms with Crippen molar-refractivity contribution in [3.8, 4) is 11.1 Å². The van der Waals surface area contributed by atoms with Crippen molar-refractivity contribution >= 4 is 74.6 Å². The molecule has 0 amide bonds. The smallest absolute Gasteiger partial charge is 0.0434 e. The van der Waals surface area contributed by atoms with Crippen molar-refractivity contribution in [3.05, 3.63) is 121 Å². The molecule has 0 spiro atoms. The molecule has 0 atom stereocenters. The lowest BCUT2D eigenvalue weighted by Gasteiger charge is -2.13. The molecule has 1 heterocycles. The quantitative estimate of drug-likeness (QED) is 0.214. The highest BCUT2D eigenvalue weighted by Crippen LogP contribution is 2.44. The van der Waals surface area contributed by atoms with Gasteiger partial charge in [0.05, 0.1) is 0 Å². The van der Waals surface area contributed by atoms with Gasteiger partial charge in [-0.1, -0.05) is 103 Å². The Kier molecular flexibility index (Phi) is 3.91. The predicted octanol–water partition coefficient (Wildman–Crippen LogP) is 10.3. The van der Waals surface area contributed by atoms with E-state index in [2.05, 4.69) is 121 Å². The van der Waals surface area contributed by atoms with Gasteiger partial charge in [-0.3, -0.25) is 0 Å². The summed E-state index contributed by atoms with van der Waals surface area (Å²) < 4.78 is 2.73. The lowest BCUT2D eigenvalue weighted by molar-refractivity contribution is 1.73. The standard InChI is InChI=1S/C34H20S/c1-2-11-24-22(9-1)23-10-3-4-12-25(23)31-19-21(17-18-27(24)31)30-20-32-28-14-7-8-16-33(28)35-34(32)29-15-6-5-13-26(29)30/h1-20H. The van der Waals surface area contributed by atoms with Gasteiger partial charge in [-0.2, -0.15) is 0 Å². The number of hydrogen-bond donors (Lipinski definition) is 0. The molecule has 0 aliphatic heterocycles. The van der Waals surface area contributed by atoms with Crippen molar-refractivity contribution in [2.24, 2.45) is 0 Å². The Morgan fingerprint density at radius 2 is 0.857 bits per heavy atom. The number of benzene rings is 7. The van der Waals surface area contributed by atoms with Gasteiger partial charge in [0.2, 0.25) is 0 Å². The lowest BCUT2D eigenvalue weighted by atomic mass is 9.90. The molecule has 0 N–H and O–H groups in total. The fourth-order valence-electron chi connectivity index (χ4n) is 5.86. The summed E-state index contributed by atoms with van der Waals surface area (Å²) in [6.45, 7) is 0. The van der Waals surface area contributed by atoms with Crippen LogP contribution < -0.4 is 0 Å². The van der Waals surface area contributed by atoms with Crippen LogP contribution in [0.3, 0.4) is 0 Å². The number of fused-ring (bicyclic) bond motifs is 11. The molecule has 0 aliphatic carbocycles. The van der Waals surface area contributed by atoms with E-state index in [-0.39, 0.29) is 0 Å². The third kappa shape index (κ3) is 2.67. The van der Waals surface area contributed by atoms with Gasteiger partial charge in [-0.15, -0.1) is 11.3 Å². The summed E-state index contributed by atoms with van der Waals surface area (Å²) in [5, 5.41) is 13.2. The molecule has 0 unspecified atom stereocenters. The van der Waals surface area contributed by atoms with E-state index in [1.807, 2.05) is 11.3 Å². The first-order valence-electron chi connectivity index (χ1n) is 12.0. The van der Waals surface area contributed by atoms with E-state index < -0.39 is 0 Å². The van der Waals surface area contributed by atoms with Crippen molar-refractivity contribution < 1.29 is 0 Å². The minimum Gasteiger partial charge on any atom is -0.135 e. The Hall–Kier alpha value is -4.20. The van der Waals surface area contributed by atoms with Crippen LogP contribution in [0.4, 0.5) is 0 Å². The van der Waals surface area contributed by atoms with Crippen LogP contribution in [0.5, 0.6) is 0 Å². The predicted molar refractivity (Wildman–Crippen MR) is 155 cm³/mol. The molecule has 7 aromatic carbocycles. The zero-order chi connectivity index (χ0) is 22.9. The summed E-state index contributed by atoms with van der Waals surface area (Å²) in [7, 11) is 0. The summed E-state index contributed by atoms with van der Waals surface area (Å²) in [6, 6.07) is 44.7. The Labute approximate surface area is 206 Å². The Morgan fingerprint density at radius 1 is 0.343 bits per heavy atom. The highest BCUT2D eigenvalue weighted by atomic mass is 32.1. The maximum absolute atomic E-state index is 2.42. The SMILES string of the molecule is c1ccc2c(c1)sc1c3ccccc3c(-c3ccc4c5ccccc5c5ccccc5c4c3)cc21. The second kappa shape index (κ2) is 7.15. The second-order valence-corrected chi connectivity index (χ2v) is 10.3. The van der Waals surface area contributed by atoms with E-state index in [0.29, 0.717) is 0 Å². The van der Waals surface area contributed by atoms with Gasteiger partial charge in [0.1, 0.15) is 0 Å². The van der Waals surface area contributed by atoms with Gasteiger partial charge in [-0.05, 0) is 67.0 Å². The first-order valence-corrected chi connectivity index (χ1v) is 12.8. The zero-order valence-corrected chi connectivity index (χ0v) is 19.8. The van der Waals surface area contributed by atoms with Crippen molar-refractivity contribution in [2.45, 2.75) is 0 Å². The molecule has 0 saturated heterocycles. The molecule has 162 valence electrons. The maximum Gasteiger partial charge on any atom is 0.0434 e. The van der Waals surface area contributed by atoms with Crippen LogP contribution in [-0.4, -0.2) is 0 Å². The summed E-state index contributed by atoms with van der Waals surface area (Å²) in [5.41, 5.74) is 2.57. The van der Waals surface area contributed by atoms with Crippen molar-refractivity contribution in [3.63, 3.8) is 0 Å². The fourth-order valence-corrected chi connectivity index (χ4v) is 7.08. The molecule has 35 heavy (non-hydrogen) atoms. The van der Waals surface area contributed by atoms with Gasteiger partial charge < -0.3 is 0 Å². The topological polar surface area (TPSA) is 0 Å². The number of rotatable bonds is 1. The molecule has 8 aromatic rings. The van der Waals surface area contributed by atoms with Crippen LogP contribution in [0, 0.1) is 0 Å². The molecule has 0 bridgehead atoms.